The normalized spacial score (nSPS) is 20.1. The maximum atomic E-state index is 11.7. The SMILES string of the molecule is O=C(C[C@@H]1CCS(=O)(=O)C1)OCc1cc(-c2ccco2)on1. The Hall–Kier alpha value is -2.09. The fourth-order valence-corrected chi connectivity index (χ4v) is 4.26. The van der Waals surface area contributed by atoms with Gasteiger partial charge >= 0.3 is 5.97 Å². The predicted molar refractivity (Wildman–Crippen MR) is 75.4 cm³/mol. The highest BCUT2D eigenvalue weighted by molar-refractivity contribution is 7.91. The summed E-state index contributed by atoms with van der Waals surface area (Å²) in [5.74, 6) is 0.646. The Kier molecular flexibility index (Phi) is 4.02. The number of aromatic nitrogens is 1. The summed E-state index contributed by atoms with van der Waals surface area (Å²) >= 11 is 0. The molecule has 2 aromatic heterocycles. The van der Waals surface area contributed by atoms with Gasteiger partial charge in [0.05, 0.1) is 17.8 Å². The summed E-state index contributed by atoms with van der Waals surface area (Å²) in [7, 11) is -2.98. The molecule has 7 nitrogen and oxygen atoms in total. The van der Waals surface area contributed by atoms with E-state index in [9.17, 15) is 13.2 Å². The van der Waals surface area contributed by atoms with Gasteiger partial charge in [0.1, 0.15) is 12.3 Å². The lowest BCUT2D eigenvalue weighted by Gasteiger charge is -2.06. The molecule has 1 fully saturated rings. The van der Waals surface area contributed by atoms with E-state index >= 15 is 0 Å². The van der Waals surface area contributed by atoms with Crippen molar-refractivity contribution in [2.24, 2.45) is 5.92 Å². The highest BCUT2D eigenvalue weighted by Gasteiger charge is 2.29. The Labute approximate surface area is 127 Å². The van der Waals surface area contributed by atoms with Crippen molar-refractivity contribution in [3.05, 3.63) is 30.2 Å². The molecule has 1 aliphatic heterocycles. The standard InChI is InChI=1S/C14H15NO6S/c16-14(6-10-3-5-22(17,18)9-10)20-8-11-7-13(21-15-11)12-2-1-4-19-12/h1-2,4,7,10H,3,5-6,8-9H2/t10-/m0/s1. The van der Waals surface area contributed by atoms with Gasteiger partial charge in [0.25, 0.3) is 0 Å². The van der Waals surface area contributed by atoms with Crippen LogP contribution >= 0.6 is 0 Å². The van der Waals surface area contributed by atoms with Crippen LogP contribution in [0.3, 0.4) is 0 Å². The zero-order valence-corrected chi connectivity index (χ0v) is 12.5. The first kappa shape index (κ1) is 14.8. The van der Waals surface area contributed by atoms with Gasteiger partial charge < -0.3 is 13.7 Å². The van der Waals surface area contributed by atoms with Gasteiger partial charge in [-0.25, -0.2) is 8.42 Å². The van der Waals surface area contributed by atoms with Crippen molar-refractivity contribution in [2.75, 3.05) is 11.5 Å². The second kappa shape index (κ2) is 5.96. The molecule has 1 atom stereocenters. The molecule has 1 aliphatic rings. The minimum Gasteiger partial charge on any atom is -0.461 e. The quantitative estimate of drug-likeness (QED) is 0.773. The molecule has 0 N–H and O–H groups in total. The minimum atomic E-state index is -2.98. The fraction of sp³-hybridized carbons (Fsp3) is 0.429. The maximum absolute atomic E-state index is 11.7. The van der Waals surface area contributed by atoms with Crippen LogP contribution in [0.15, 0.2) is 33.4 Å². The van der Waals surface area contributed by atoms with Crippen LogP contribution in [0, 0.1) is 5.92 Å². The Morgan fingerprint density at radius 3 is 2.95 bits per heavy atom. The van der Waals surface area contributed by atoms with Crippen molar-refractivity contribution in [3.8, 4) is 11.5 Å². The molecule has 3 rings (SSSR count). The first-order chi connectivity index (χ1) is 10.5. The van der Waals surface area contributed by atoms with E-state index in [0.29, 0.717) is 23.6 Å². The third-order valence-electron chi connectivity index (χ3n) is 3.49. The summed E-state index contributed by atoms with van der Waals surface area (Å²) in [4.78, 5) is 11.7. The van der Waals surface area contributed by atoms with E-state index < -0.39 is 15.8 Å². The van der Waals surface area contributed by atoms with Crippen molar-refractivity contribution in [3.63, 3.8) is 0 Å². The van der Waals surface area contributed by atoms with E-state index in [1.807, 2.05) is 0 Å². The zero-order valence-electron chi connectivity index (χ0n) is 11.7. The molecule has 1 saturated heterocycles. The van der Waals surface area contributed by atoms with Gasteiger partial charge in [-0.2, -0.15) is 0 Å². The number of rotatable bonds is 5. The summed E-state index contributed by atoms with van der Waals surface area (Å²) in [5, 5.41) is 3.79. The molecular weight excluding hydrogens is 310 g/mol. The van der Waals surface area contributed by atoms with Crippen LogP contribution in [0.25, 0.3) is 11.5 Å². The van der Waals surface area contributed by atoms with Crippen LogP contribution in [0.5, 0.6) is 0 Å². The molecule has 0 radical (unpaired) electrons. The topological polar surface area (TPSA) is 99.6 Å². The van der Waals surface area contributed by atoms with E-state index in [1.54, 1.807) is 18.2 Å². The zero-order chi connectivity index (χ0) is 15.6. The molecule has 0 aliphatic carbocycles. The van der Waals surface area contributed by atoms with E-state index in [2.05, 4.69) is 5.16 Å². The van der Waals surface area contributed by atoms with Gasteiger partial charge in [-0.05, 0) is 24.5 Å². The van der Waals surface area contributed by atoms with Gasteiger partial charge in [0.15, 0.2) is 15.6 Å². The average Bonchev–Trinajstić information content (AvgIpc) is 3.16. The maximum Gasteiger partial charge on any atom is 0.306 e. The predicted octanol–water partition coefficient (Wildman–Crippen LogP) is 1.80. The van der Waals surface area contributed by atoms with E-state index in [4.69, 9.17) is 13.7 Å². The van der Waals surface area contributed by atoms with Crippen molar-refractivity contribution in [2.45, 2.75) is 19.4 Å². The lowest BCUT2D eigenvalue weighted by Crippen LogP contribution is -2.13. The molecule has 118 valence electrons. The van der Waals surface area contributed by atoms with E-state index in [-0.39, 0.29) is 30.5 Å². The Morgan fingerprint density at radius 2 is 2.27 bits per heavy atom. The number of hydrogen-bond donors (Lipinski definition) is 0. The molecule has 0 spiro atoms. The number of esters is 1. The molecule has 2 aromatic rings. The summed E-state index contributed by atoms with van der Waals surface area (Å²) in [6, 6.07) is 5.09. The second-order valence-corrected chi connectivity index (χ2v) is 7.52. The first-order valence-corrected chi connectivity index (χ1v) is 8.69. The molecule has 3 heterocycles. The molecule has 0 unspecified atom stereocenters. The molecule has 8 heteroatoms. The van der Waals surface area contributed by atoms with Crippen LogP contribution in [0.2, 0.25) is 0 Å². The summed E-state index contributed by atoms with van der Waals surface area (Å²) in [5.41, 5.74) is 0.471. The summed E-state index contributed by atoms with van der Waals surface area (Å²) in [6.45, 7) is -0.0114. The monoisotopic (exact) mass is 325 g/mol. The number of ether oxygens (including phenoxy) is 1. The fourth-order valence-electron chi connectivity index (χ4n) is 2.40. The van der Waals surface area contributed by atoms with Crippen molar-refractivity contribution in [1.29, 1.82) is 0 Å². The highest BCUT2D eigenvalue weighted by Crippen LogP contribution is 2.23. The van der Waals surface area contributed by atoms with Crippen LogP contribution in [0.4, 0.5) is 0 Å². The van der Waals surface area contributed by atoms with Gasteiger partial charge in [0.2, 0.25) is 5.76 Å². The number of hydrogen-bond acceptors (Lipinski definition) is 7. The van der Waals surface area contributed by atoms with Crippen LogP contribution in [0.1, 0.15) is 18.5 Å². The third-order valence-corrected chi connectivity index (χ3v) is 5.32. The summed E-state index contributed by atoms with van der Waals surface area (Å²) < 4.78 is 38.0. The number of sulfone groups is 1. The lowest BCUT2D eigenvalue weighted by molar-refractivity contribution is -0.146. The Morgan fingerprint density at radius 1 is 1.41 bits per heavy atom. The smallest absolute Gasteiger partial charge is 0.306 e. The van der Waals surface area contributed by atoms with Gasteiger partial charge in [-0.1, -0.05) is 5.16 Å². The molecule has 22 heavy (non-hydrogen) atoms. The minimum absolute atomic E-state index is 0.0114. The molecular formula is C14H15NO6S. The van der Waals surface area contributed by atoms with Gasteiger partial charge in [-0.3, -0.25) is 4.79 Å². The first-order valence-electron chi connectivity index (χ1n) is 6.87. The molecule has 0 aromatic carbocycles. The van der Waals surface area contributed by atoms with Crippen molar-refractivity contribution < 1.29 is 26.9 Å². The van der Waals surface area contributed by atoms with Crippen LogP contribution in [-0.2, 0) is 26.0 Å². The highest BCUT2D eigenvalue weighted by atomic mass is 32.2. The second-order valence-electron chi connectivity index (χ2n) is 5.29. The number of carbonyl (C=O) groups excluding carboxylic acids is 1. The summed E-state index contributed by atoms with van der Waals surface area (Å²) in [6.07, 6.45) is 2.15. The van der Waals surface area contributed by atoms with E-state index in [0.717, 1.165) is 0 Å². The largest absolute Gasteiger partial charge is 0.461 e. The lowest BCUT2D eigenvalue weighted by atomic mass is 10.1. The van der Waals surface area contributed by atoms with Gasteiger partial charge in [0, 0.05) is 12.5 Å². The van der Waals surface area contributed by atoms with Crippen LogP contribution < -0.4 is 0 Å². The molecule has 0 saturated carbocycles. The number of furan rings is 1. The molecule has 0 amide bonds. The molecule has 0 bridgehead atoms. The number of carbonyl (C=O) groups is 1. The van der Waals surface area contributed by atoms with Crippen LogP contribution in [-0.4, -0.2) is 31.0 Å². The van der Waals surface area contributed by atoms with Crippen molar-refractivity contribution >= 4 is 15.8 Å². The van der Waals surface area contributed by atoms with Crippen molar-refractivity contribution in [1.82, 2.24) is 5.16 Å². The Balaban J connectivity index is 1.49. The third kappa shape index (κ3) is 3.56. The van der Waals surface area contributed by atoms with E-state index in [1.165, 1.54) is 6.26 Å². The average molecular weight is 325 g/mol. The Bertz CT molecular complexity index is 746. The number of nitrogens with zero attached hydrogens (tertiary/aromatic N) is 1. The van der Waals surface area contributed by atoms with Gasteiger partial charge in [-0.15, -0.1) is 0 Å².